The van der Waals surface area contributed by atoms with Crippen molar-refractivity contribution in [2.45, 2.75) is 33.2 Å². The van der Waals surface area contributed by atoms with Gasteiger partial charge in [-0.3, -0.25) is 9.69 Å². The van der Waals surface area contributed by atoms with Crippen LogP contribution in [0, 0.1) is 5.92 Å². The van der Waals surface area contributed by atoms with Crippen LogP contribution in [0.2, 0.25) is 0 Å². The van der Waals surface area contributed by atoms with Gasteiger partial charge in [0.15, 0.2) is 0 Å². The molecule has 132 valence electrons. The summed E-state index contributed by atoms with van der Waals surface area (Å²) < 4.78 is 5.12. The molecule has 1 fully saturated rings. The van der Waals surface area contributed by atoms with Crippen LogP contribution in [0.5, 0.6) is 5.75 Å². The third-order valence-corrected chi connectivity index (χ3v) is 4.21. The molecule has 0 saturated carbocycles. The van der Waals surface area contributed by atoms with Crippen molar-refractivity contribution in [1.29, 1.82) is 0 Å². The van der Waals surface area contributed by atoms with Crippen LogP contribution in [0.1, 0.15) is 38.8 Å². The van der Waals surface area contributed by atoms with Crippen LogP contribution in [0.3, 0.4) is 0 Å². The molecule has 2 atom stereocenters. The van der Waals surface area contributed by atoms with Crippen LogP contribution >= 0.6 is 24.8 Å². The number of piperazine rings is 1. The number of carbonyl (C=O) groups excluding carboxylic acids is 1. The number of carbonyl (C=O) groups is 1. The maximum atomic E-state index is 11.0. The monoisotopic (exact) mass is 362 g/mol. The van der Waals surface area contributed by atoms with E-state index < -0.39 is 0 Å². The standard InChI is InChI=1S/C17H26N2O2.2ClH/c1-4-13(2)17(19-11-9-18-10-12-19)15-5-7-16(8-6-15)21-14(3)20;;/h5-8,13,17-18H,4,9-12H2,1-3H3;2*1H/t13?,17-;;/m0../s1. The van der Waals surface area contributed by atoms with Crippen molar-refractivity contribution < 1.29 is 9.53 Å². The fourth-order valence-electron chi connectivity index (χ4n) is 2.98. The zero-order chi connectivity index (χ0) is 15.2. The van der Waals surface area contributed by atoms with Crippen LogP contribution in [0.4, 0.5) is 0 Å². The van der Waals surface area contributed by atoms with Gasteiger partial charge in [0.1, 0.15) is 5.75 Å². The second-order valence-corrected chi connectivity index (χ2v) is 5.78. The van der Waals surface area contributed by atoms with Gasteiger partial charge in [0.2, 0.25) is 0 Å². The Hall–Kier alpha value is -0.810. The van der Waals surface area contributed by atoms with Crippen molar-refractivity contribution in [1.82, 2.24) is 10.2 Å². The zero-order valence-electron chi connectivity index (χ0n) is 14.1. The van der Waals surface area contributed by atoms with E-state index in [0.29, 0.717) is 17.7 Å². The minimum Gasteiger partial charge on any atom is -0.427 e. The van der Waals surface area contributed by atoms with E-state index in [0.717, 1.165) is 32.6 Å². The van der Waals surface area contributed by atoms with Crippen LogP contribution in [-0.4, -0.2) is 37.0 Å². The first-order chi connectivity index (χ1) is 10.1. The molecular formula is C17H28Cl2N2O2. The van der Waals surface area contributed by atoms with Crippen molar-refractivity contribution in [2.75, 3.05) is 26.2 Å². The topological polar surface area (TPSA) is 41.6 Å². The molecule has 1 aliphatic heterocycles. The van der Waals surface area contributed by atoms with Gasteiger partial charge in [-0.1, -0.05) is 32.4 Å². The smallest absolute Gasteiger partial charge is 0.308 e. The van der Waals surface area contributed by atoms with Gasteiger partial charge >= 0.3 is 5.97 Å². The number of hydrogen-bond donors (Lipinski definition) is 1. The Bertz CT molecular complexity index is 462. The van der Waals surface area contributed by atoms with Crippen LogP contribution in [-0.2, 0) is 4.79 Å². The van der Waals surface area contributed by atoms with E-state index in [4.69, 9.17) is 4.74 Å². The molecule has 1 heterocycles. The number of halogens is 2. The number of esters is 1. The highest BCUT2D eigenvalue weighted by molar-refractivity contribution is 5.85. The molecule has 23 heavy (non-hydrogen) atoms. The Morgan fingerprint density at radius 3 is 2.26 bits per heavy atom. The Labute approximate surface area is 151 Å². The highest BCUT2D eigenvalue weighted by Crippen LogP contribution is 2.31. The molecular weight excluding hydrogens is 335 g/mol. The third kappa shape index (κ3) is 6.30. The summed E-state index contributed by atoms with van der Waals surface area (Å²) in [4.78, 5) is 13.6. The Morgan fingerprint density at radius 2 is 1.78 bits per heavy atom. The lowest BCUT2D eigenvalue weighted by Gasteiger charge is -2.38. The minimum absolute atomic E-state index is 0. The Kier molecular flexibility index (Phi) is 10.5. The largest absolute Gasteiger partial charge is 0.427 e. The molecule has 0 bridgehead atoms. The summed E-state index contributed by atoms with van der Waals surface area (Å²) in [5.41, 5.74) is 1.31. The average molecular weight is 363 g/mol. The SMILES string of the molecule is CCC(C)[C@@H](c1ccc(OC(C)=O)cc1)N1CCNCC1.Cl.Cl. The second kappa shape index (κ2) is 10.9. The Balaban J connectivity index is 0.00000242. The Morgan fingerprint density at radius 1 is 1.22 bits per heavy atom. The predicted molar refractivity (Wildman–Crippen MR) is 98.9 cm³/mol. The number of ether oxygens (including phenoxy) is 1. The van der Waals surface area contributed by atoms with Gasteiger partial charge in [0.05, 0.1) is 0 Å². The van der Waals surface area contributed by atoms with Gasteiger partial charge in [-0.2, -0.15) is 0 Å². The first-order valence-corrected chi connectivity index (χ1v) is 7.85. The summed E-state index contributed by atoms with van der Waals surface area (Å²) in [5, 5.41) is 3.41. The predicted octanol–water partition coefficient (Wildman–Crippen LogP) is 3.45. The lowest BCUT2D eigenvalue weighted by Crippen LogP contribution is -2.46. The highest BCUT2D eigenvalue weighted by Gasteiger charge is 2.26. The molecule has 2 rings (SSSR count). The molecule has 1 N–H and O–H groups in total. The summed E-state index contributed by atoms with van der Waals surface area (Å²) in [6.45, 7) is 10.3. The maximum Gasteiger partial charge on any atom is 0.308 e. The van der Waals surface area contributed by atoms with Gasteiger partial charge in [-0.25, -0.2) is 0 Å². The number of nitrogens with zero attached hydrogens (tertiary/aromatic N) is 1. The average Bonchev–Trinajstić information content (AvgIpc) is 2.49. The van der Waals surface area contributed by atoms with Crippen LogP contribution < -0.4 is 10.1 Å². The van der Waals surface area contributed by atoms with Gasteiger partial charge in [0.25, 0.3) is 0 Å². The normalized spacial score (nSPS) is 17.3. The van der Waals surface area contributed by atoms with E-state index in [9.17, 15) is 4.79 Å². The maximum absolute atomic E-state index is 11.0. The summed E-state index contributed by atoms with van der Waals surface area (Å²) in [6, 6.07) is 8.42. The number of nitrogens with one attached hydrogen (secondary N) is 1. The van der Waals surface area contributed by atoms with E-state index in [2.05, 4.69) is 36.2 Å². The molecule has 4 nitrogen and oxygen atoms in total. The zero-order valence-corrected chi connectivity index (χ0v) is 15.7. The molecule has 0 aliphatic carbocycles. The number of rotatable bonds is 5. The lowest BCUT2D eigenvalue weighted by molar-refractivity contribution is -0.131. The number of benzene rings is 1. The molecule has 0 amide bonds. The fraction of sp³-hybridized carbons (Fsp3) is 0.588. The van der Waals surface area contributed by atoms with Crippen molar-refractivity contribution >= 4 is 30.8 Å². The molecule has 0 aromatic heterocycles. The molecule has 0 spiro atoms. The van der Waals surface area contributed by atoms with Crippen molar-refractivity contribution in [3.63, 3.8) is 0 Å². The van der Waals surface area contributed by atoms with Gasteiger partial charge in [-0.05, 0) is 23.6 Å². The van der Waals surface area contributed by atoms with Gasteiger partial charge < -0.3 is 10.1 Å². The summed E-state index contributed by atoms with van der Waals surface area (Å²) in [7, 11) is 0. The van der Waals surface area contributed by atoms with E-state index in [1.54, 1.807) is 0 Å². The molecule has 0 radical (unpaired) electrons. The molecule has 1 aromatic rings. The van der Waals surface area contributed by atoms with Gasteiger partial charge in [-0.15, -0.1) is 24.8 Å². The first-order valence-electron chi connectivity index (χ1n) is 7.85. The number of hydrogen-bond acceptors (Lipinski definition) is 4. The summed E-state index contributed by atoms with van der Waals surface area (Å²) in [6.07, 6.45) is 1.15. The fourth-order valence-corrected chi connectivity index (χ4v) is 2.98. The molecule has 1 unspecified atom stereocenters. The van der Waals surface area contributed by atoms with Gasteiger partial charge in [0, 0.05) is 39.1 Å². The minimum atomic E-state index is -0.275. The van der Waals surface area contributed by atoms with Crippen molar-refractivity contribution in [2.24, 2.45) is 5.92 Å². The van der Waals surface area contributed by atoms with Crippen molar-refractivity contribution in [3.05, 3.63) is 29.8 Å². The first kappa shape index (κ1) is 22.2. The van der Waals surface area contributed by atoms with Crippen LogP contribution in [0.25, 0.3) is 0 Å². The highest BCUT2D eigenvalue weighted by atomic mass is 35.5. The molecule has 1 aromatic carbocycles. The van der Waals surface area contributed by atoms with E-state index in [1.807, 2.05) is 12.1 Å². The lowest BCUT2D eigenvalue weighted by atomic mass is 9.90. The summed E-state index contributed by atoms with van der Waals surface area (Å²) >= 11 is 0. The van der Waals surface area contributed by atoms with Crippen molar-refractivity contribution in [3.8, 4) is 5.75 Å². The molecule has 1 saturated heterocycles. The van der Waals surface area contributed by atoms with Crippen LogP contribution in [0.15, 0.2) is 24.3 Å². The van der Waals surface area contributed by atoms with E-state index in [-0.39, 0.29) is 30.8 Å². The van der Waals surface area contributed by atoms with E-state index in [1.165, 1.54) is 12.5 Å². The molecule has 1 aliphatic rings. The summed E-state index contributed by atoms with van der Waals surface area (Å²) in [5.74, 6) is 0.945. The van der Waals surface area contributed by atoms with E-state index >= 15 is 0 Å². The second-order valence-electron chi connectivity index (χ2n) is 5.78. The third-order valence-electron chi connectivity index (χ3n) is 4.21. The quantitative estimate of drug-likeness (QED) is 0.643. The molecule has 6 heteroatoms.